The van der Waals surface area contributed by atoms with Crippen molar-refractivity contribution in [2.75, 3.05) is 0 Å². The number of fused-ring (bicyclic) bond motifs is 1. The number of rotatable bonds is 6. The number of benzene rings is 2. The number of carbonyl (C=O) groups excluding carboxylic acids is 1. The summed E-state index contributed by atoms with van der Waals surface area (Å²) >= 11 is 0. The van der Waals surface area contributed by atoms with Crippen LogP contribution in [-0.2, 0) is 22.7 Å². The molecule has 3 aromatic rings. The average Bonchev–Trinajstić information content (AvgIpc) is 3.01. The smallest absolute Gasteiger partial charge is 0.307 e. The summed E-state index contributed by atoms with van der Waals surface area (Å²) in [5.74, 6) is -0.383. The number of carbonyl (C=O) groups is 1. The molecule has 2 aromatic carbocycles. The van der Waals surface area contributed by atoms with Crippen molar-refractivity contribution in [1.29, 1.82) is 0 Å². The Morgan fingerprint density at radius 1 is 1.08 bits per heavy atom. The van der Waals surface area contributed by atoms with Crippen molar-refractivity contribution < 1.29 is 14.5 Å². The zero-order valence-corrected chi connectivity index (χ0v) is 12.9. The quantitative estimate of drug-likeness (QED) is 0.394. The topological polar surface area (TPSA) is 74.4 Å². The Morgan fingerprint density at radius 3 is 2.67 bits per heavy atom. The highest BCUT2D eigenvalue weighted by Crippen LogP contribution is 2.19. The summed E-state index contributed by atoms with van der Waals surface area (Å²) in [4.78, 5) is 22.4. The molecule has 6 heteroatoms. The lowest BCUT2D eigenvalue weighted by molar-refractivity contribution is -0.385. The fourth-order valence-electron chi connectivity index (χ4n) is 2.59. The molecule has 6 nitrogen and oxygen atoms in total. The van der Waals surface area contributed by atoms with E-state index < -0.39 is 4.92 Å². The predicted molar refractivity (Wildman–Crippen MR) is 89.4 cm³/mol. The van der Waals surface area contributed by atoms with E-state index in [2.05, 4.69) is 0 Å². The van der Waals surface area contributed by atoms with Crippen LogP contribution in [0, 0.1) is 10.1 Å². The Kier molecular flexibility index (Phi) is 4.56. The zero-order valence-electron chi connectivity index (χ0n) is 12.9. The van der Waals surface area contributed by atoms with E-state index in [1.165, 1.54) is 6.07 Å². The van der Waals surface area contributed by atoms with Crippen molar-refractivity contribution >= 4 is 22.6 Å². The molecule has 0 aliphatic carbocycles. The van der Waals surface area contributed by atoms with Crippen molar-refractivity contribution in [2.45, 2.75) is 19.6 Å². The van der Waals surface area contributed by atoms with E-state index >= 15 is 0 Å². The van der Waals surface area contributed by atoms with Gasteiger partial charge in [-0.1, -0.05) is 30.3 Å². The van der Waals surface area contributed by atoms with Gasteiger partial charge < -0.3 is 9.30 Å². The number of ether oxygens (including phenoxy) is 1. The minimum atomic E-state index is -0.477. The number of para-hydroxylation sites is 2. The second kappa shape index (κ2) is 6.95. The first-order chi connectivity index (χ1) is 11.6. The first kappa shape index (κ1) is 15.7. The van der Waals surface area contributed by atoms with Crippen molar-refractivity contribution in [1.82, 2.24) is 4.57 Å². The minimum Gasteiger partial charge on any atom is -0.460 e. The molecular weight excluding hydrogens is 308 g/mol. The molecule has 0 saturated heterocycles. The van der Waals surface area contributed by atoms with Gasteiger partial charge in [0.2, 0.25) is 0 Å². The fourth-order valence-corrected chi connectivity index (χ4v) is 2.59. The largest absolute Gasteiger partial charge is 0.460 e. The molecule has 0 bridgehead atoms. The van der Waals surface area contributed by atoms with Crippen LogP contribution in [0.5, 0.6) is 0 Å². The van der Waals surface area contributed by atoms with Crippen molar-refractivity contribution in [3.63, 3.8) is 0 Å². The molecule has 0 aliphatic rings. The summed E-state index contributed by atoms with van der Waals surface area (Å²) in [6.07, 6.45) is 2.14. The molecule has 0 unspecified atom stereocenters. The lowest BCUT2D eigenvalue weighted by Crippen LogP contribution is -2.09. The van der Waals surface area contributed by atoms with Crippen LogP contribution in [0.15, 0.2) is 60.8 Å². The summed E-state index contributed by atoms with van der Waals surface area (Å²) in [6, 6.07) is 16.2. The lowest BCUT2D eigenvalue weighted by Gasteiger charge is -2.07. The van der Waals surface area contributed by atoms with E-state index in [1.807, 2.05) is 41.1 Å². The average molecular weight is 324 g/mol. The van der Waals surface area contributed by atoms with Gasteiger partial charge in [0.15, 0.2) is 0 Å². The van der Waals surface area contributed by atoms with Gasteiger partial charge in [-0.3, -0.25) is 14.9 Å². The summed E-state index contributed by atoms with van der Waals surface area (Å²) in [6.45, 7) is 0.408. The van der Waals surface area contributed by atoms with Gasteiger partial charge >= 0.3 is 5.97 Å². The van der Waals surface area contributed by atoms with Crippen LogP contribution in [0.2, 0.25) is 0 Å². The van der Waals surface area contributed by atoms with Crippen LogP contribution in [0.25, 0.3) is 10.9 Å². The van der Waals surface area contributed by atoms with E-state index in [1.54, 1.807) is 18.2 Å². The molecule has 0 fully saturated rings. The number of esters is 1. The highest BCUT2D eigenvalue weighted by atomic mass is 16.6. The van der Waals surface area contributed by atoms with Gasteiger partial charge in [0.05, 0.1) is 16.9 Å². The zero-order chi connectivity index (χ0) is 16.9. The van der Waals surface area contributed by atoms with Crippen molar-refractivity contribution in [2.24, 2.45) is 0 Å². The molecular formula is C18H16N2O4. The summed E-state index contributed by atoms with van der Waals surface area (Å²) < 4.78 is 7.16. The SMILES string of the molecule is O=C(CCn1ccc2ccccc21)OCc1ccccc1[N+](=O)[O-]. The normalized spacial score (nSPS) is 10.7. The summed E-state index contributed by atoms with van der Waals surface area (Å²) in [7, 11) is 0. The molecule has 122 valence electrons. The Labute approximate surface area is 138 Å². The number of aryl methyl sites for hydroxylation is 1. The van der Waals surface area contributed by atoms with Gasteiger partial charge in [0.1, 0.15) is 6.61 Å². The first-order valence-corrected chi connectivity index (χ1v) is 7.57. The lowest BCUT2D eigenvalue weighted by atomic mass is 10.2. The second-order valence-electron chi connectivity index (χ2n) is 5.36. The van der Waals surface area contributed by atoms with Crippen LogP contribution >= 0.6 is 0 Å². The molecule has 0 aliphatic heterocycles. The summed E-state index contributed by atoms with van der Waals surface area (Å²) in [5.41, 5.74) is 1.41. The van der Waals surface area contributed by atoms with Gasteiger partial charge in [0, 0.05) is 24.3 Å². The van der Waals surface area contributed by atoms with Crippen LogP contribution < -0.4 is 0 Å². The predicted octanol–water partition coefficient (Wildman–Crippen LogP) is 3.68. The highest BCUT2D eigenvalue weighted by Gasteiger charge is 2.14. The number of nitro benzene ring substituents is 1. The number of hydrogen-bond donors (Lipinski definition) is 0. The Hall–Kier alpha value is -3.15. The minimum absolute atomic E-state index is 0.0401. The Bertz CT molecular complexity index is 885. The molecule has 0 amide bonds. The third-order valence-corrected chi connectivity index (χ3v) is 3.81. The molecule has 0 radical (unpaired) electrons. The Morgan fingerprint density at radius 2 is 1.83 bits per heavy atom. The third kappa shape index (κ3) is 3.43. The van der Waals surface area contributed by atoms with Gasteiger partial charge in [0.25, 0.3) is 5.69 Å². The molecule has 1 heterocycles. The first-order valence-electron chi connectivity index (χ1n) is 7.57. The number of hydrogen-bond acceptors (Lipinski definition) is 4. The number of aromatic nitrogens is 1. The Balaban J connectivity index is 1.58. The monoisotopic (exact) mass is 324 g/mol. The van der Waals surface area contributed by atoms with E-state index in [0.29, 0.717) is 12.1 Å². The molecule has 0 atom stereocenters. The van der Waals surface area contributed by atoms with E-state index in [0.717, 1.165) is 10.9 Å². The van der Waals surface area contributed by atoms with Gasteiger partial charge in [-0.25, -0.2) is 0 Å². The maximum absolute atomic E-state index is 11.9. The maximum atomic E-state index is 11.9. The standard InChI is InChI=1S/C18H16N2O4/c21-18(24-13-15-6-2-4-8-17(15)20(22)23)10-12-19-11-9-14-5-1-3-7-16(14)19/h1-9,11H,10,12-13H2. The van der Waals surface area contributed by atoms with Crippen molar-refractivity contribution in [3.8, 4) is 0 Å². The molecule has 0 N–H and O–H groups in total. The van der Waals surface area contributed by atoms with E-state index in [9.17, 15) is 14.9 Å². The third-order valence-electron chi connectivity index (χ3n) is 3.81. The van der Waals surface area contributed by atoms with Crippen LogP contribution in [0.1, 0.15) is 12.0 Å². The van der Waals surface area contributed by atoms with E-state index in [-0.39, 0.29) is 24.7 Å². The van der Waals surface area contributed by atoms with Gasteiger partial charge in [-0.15, -0.1) is 0 Å². The molecule has 3 rings (SSSR count). The molecule has 0 saturated carbocycles. The molecule has 0 spiro atoms. The molecule has 24 heavy (non-hydrogen) atoms. The van der Waals surface area contributed by atoms with Crippen LogP contribution in [0.4, 0.5) is 5.69 Å². The van der Waals surface area contributed by atoms with Crippen LogP contribution in [0.3, 0.4) is 0 Å². The van der Waals surface area contributed by atoms with E-state index in [4.69, 9.17) is 4.74 Å². The molecule has 1 aromatic heterocycles. The second-order valence-corrected chi connectivity index (χ2v) is 5.36. The number of nitrogens with zero attached hydrogens (tertiary/aromatic N) is 2. The summed E-state index contributed by atoms with van der Waals surface area (Å²) in [5, 5.41) is 12.1. The highest BCUT2D eigenvalue weighted by molar-refractivity contribution is 5.80. The van der Waals surface area contributed by atoms with Gasteiger partial charge in [-0.2, -0.15) is 0 Å². The fraction of sp³-hybridized carbons (Fsp3) is 0.167. The van der Waals surface area contributed by atoms with Crippen LogP contribution in [-0.4, -0.2) is 15.5 Å². The maximum Gasteiger partial charge on any atom is 0.307 e. The van der Waals surface area contributed by atoms with Crippen molar-refractivity contribution in [3.05, 3.63) is 76.5 Å². The number of nitro groups is 1. The van der Waals surface area contributed by atoms with Gasteiger partial charge in [-0.05, 0) is 23.6 Å².